The van der Waals surface area contributed by atoms with Gasteiger partial charge in [-0.3, -0.25) is 0 Å². The largest absolute Gasteiger partial charge is 0.456 e. The topological polar surface area (TPSA) is 54.8 Å². The zero-order chi connectivity index (χ0) is 29.0. The molecule has 1 N–H and O–H groups in total. The number of nitrogens with one attached hydrogen (secondary N) is 1. The fourth-order valence-corrected chi connectivity index (χ4v) is 6.46. The second-order valence-electron chi connectivity index (χ2n) is 11.1. The van der Waals surface area contributed by atoms with Gasteiger partial charge < -0.3 is 14.3 Å². The standard InChI is InChI=1S/C39H26N4O/c1-3-12-25(13-4-1)37-40-38(26-14-5-2-6-15-26)42-39(41-37)30-18-11-20-33-36(30)29-17-7-9-19-32(29)43(33)27-22-23-35-31(24-27)28-16-8-10-21-34(28)44-35/h1-24,37H,(H,40,41,42). The van der Waals surface area contributed by atoms with Crippen molar-refractivity contribution in [2.75, 3.05) is 0 Å². The van der Waals surface area contributed by atoms with E-state index in [2.05, 4.69) is 119 Å². The third-order valence-electron chi connectivity index (χ3n) is 8.46. The van der Waals surface area contributed by atoms with Crippen LogP contribution in [0.5, 0.6) is 0 Å². The van der Waals surface area contributed by atoms with E-state index < -0.39 is 0 Å². The molecule has 0 radical (unpaired) electrons. The second kappa shape index (κ2) is 9.82. The maximum absolute atomic E-state index is 6.15. The highest BCUT2D eigenvalue weighted by Crippen LogP contribution is 2.37. The molecule has 208 valence electrons. The minimum absolute atomic E-state index is 0.265. The molecule has 1 unspecified atom stereocenters. The number of nitrogens with zero attached hydrogens (tertiary/aromatic N) is 3. The third-order valence-corrected chi connectivity index (χ3v) is 8.46. The number of para-hydroxylation sites is 2. The van der Waals surface area contributed by atoms with Gasteiger partial charge in [0.05, 0.1) is 11.0 Å². The summed E-state index contributed by atoms with van der Waals surface area (Å²) in [7, 11) is 0. The number of fused-ring (bicyclic) bond motifs is 6. The Labute approximate surface area is 253 Å². The monoisotopic (exact) mass is 566 g/mol. The Morgan fingerprint density at radius 3 is 2.16 bits per heavy atom. The van der Waals surface area contributed by atoms with Crippen LogP contribution in [0.2, 0.25) is 0 Å². The normalized spacial score (nSPS) is 15.0. The highest BCUT2D eigenvalue weighted by atomic mass is 16.3. The molecular formula is C39H26N4O. The van der Waals surface area contributed by atoms with Crippen LogP contribution in [0.15, 0.2) is 160 Å². The summed E-state index contributed by atoms with van der Waals surface area (Å²) in [6.45, 7) is 0. The minimum Gasteiger partial charge on any atom is -0.456 e. The molecule has 1 aliphatic rings. The number of benzene rings is 6. The van der Waals surface area contributed by atoms with Crippen molar-refractivity contribution in [1.29, 1.82) is 0 Å². The molecule has 8 aromatic rings. The molecule has 0 amide bonds. The van der Waals surface area contributed by atoms with Gasteiger partial charge in [0.15, 0.2) is 5.84 Å². The Bertz CT molecular complexity index is 2420. The average Bonchev–Trinajstić information content (AvgIpc) is 3.64. The first-order valence-electron chi connectivity index (χ1n) is 14.8. The number of aliphatic imine (C=N–C) groups is 2. The first-order chi connectivity index (χ1) is 21.8. The lowest BCUT2D eigenvalue weighted by Crippen LogP contribution is -2.33. The molecule has 0 fully saturated rings. The zero-order valence-corrected chi connectivity index (χ0v) is 23.7. The summed E-state index contributed by atoms with van der Waals surface area (Å²) < 4.78 is 8.49. The molecule has 0 saturated carbocycles. The molecule has 3 heterocycles. The van der Waals surface area contributed by atoms with E-state index in [1.54, 1.807) is 0 Å². The molecule has 44 heavy (non-hydrogen) atoms. The van der Waals surface area contributed by atoms with Crippen LogP contribution in [0.3, 0.4) is 0 Å². The number of amidine groups is 2. The average molecular weight is 567 g/mol. The van der Waals surface area contributed by atoms with Gasteiger partial charge >= 0.3 is 0 Å². The Hall–Kier alpha value is -5.94. The van der Waals surface area contributed by atoms with Crippen molar-refractivity contribution in [3.05, 3.63) is 162 Å². The maximum Gasteiger partial charge on any atom is 0.159 e. The van der Waals surface area contributed by atoms with Crippen LogP contribution >= 0.6 is 0 Å². The van der Waals surface area contributed by atoms with Gasteiger partial charge in [-0.15, -0.1) is 0 Å². The number of hydrogen-bond acceptors (Lipinski definition) is 4. The smallest absolute Gasteiger partial charge is 0.159 e. The van der Waals surface area contributed by atoms with Crippen molar-refractivity contribution in [2.24, 2.45) is 9.98 Å². The zero-order valence-electron chi connectivity index (χ0n) is 23.7. The second-order valence-corrected chi connectivity index (χ2v) is 11.1. The van der Waals surface area contributed by atoms with Crippen LogP contribution in [-0.4, -0.2) is 16.2 Å². The molecule has 1 aliphatic heterocycles. The lowest BCUT2D eigenvalue weighted by molar-refractivity contribution is 0.669. The van der Waals surface area contributed by atoms with E-state index in [9.17, 15) is 0 Å². The van der Waals surface area contributed by atoms with Crippen molar-refractivity contribution in [3.63, 3.8) is 0 Å². The molecule has 9 rings (SSSR count). The van der Waals surface area contributed by atoms with Gasteiger partial charge in [0.1, 0.15) is 23.2 Å². The van der Waals surface area contributed by atoms with Crippen molar-refractivity contribution in [2.45, 2.75) is 6.17 Å². The number of hydrogen-bond donors (Lipinski definition) is 1. The number of aromatic nitrogens is 1. The minimum atomic E-state index is -0.265. The van der Waals surface area contributed by atoms with E-state index in [0.29, 0.717) is 5.84 Å². The molecule has 6 aromatic carbocycles. The van der Waals surface area contributed by atoms with Crippen LogP contribution in [-0.2, 0) is 0 Å². The van der Waals surface area contributed by atoms with Crippen LogP contribution < -0.4 is 5.32 Å². The Morgan fingerprint density at radius 1 is 0.591 bits per heavy atom. The van der Waals surface area contributed by atoms with Crippen LogP contribution in [0, 0.1) is 0 Å². The van der Waals surface area contributed by atoms with E-state index in [4.69, 9.17) is 14.4 Å². The molecule has 5 heteroatoms. The lowest BCUT2D eigenvalue weighted by atomic mass is 10.0. The summed E-state index contributed by atoms with van der Waals surface area (Å²) in [6.07, 6.45) is -0.265. The third kappa shape index (κ3) is 3.87. The maximum atomic E-state index is 6.15. The van der Waals surface area contributed by atoms with Crippen molar-refractivity contribution in [1.82, 2.24) is 9.88 Å². The summed E-state index contributed by atoms with van der Waals surface area (Å²) in [5, 5.41) is 8.21. The Kier molecular flexibility index (Phi) is 5.50. The van der Waals surface area contributed by atoms with E-state index >= 15 is 0 Å². The summed E-state index contributed by atoms with van der Waals surface area (Å²) >= 11 is 0. The van der Waals surface area contributed by atoms with Gasteiger partial charge in [-0.05, 0) is 42.0 Å². The highest BCUT2D eigenvalue weighted by molar-refractivity contribution is 6.23. The van der Waals surface area contributed by atoms with Crippen molar-refractivity contribution in [3.8, 4) is 5.69 Å². The quantitative estimate of drug-likeness (QED) is 0.231. The van der Waals surface area contributed by atoms with Gasteiger partial charge in [0.2, 0.25) is 0 Å². The molecule has 2 aromatic heterocycles. The molecule has 5 nitrogen and oxygen atoms in total. The first kappa shape index (κ1) is 24.6. The molecule has 0 saturated heterocycles. The summed E-state index contributed by atoms with van der Waals surface area (Å²) in [6, 6.07) is 50.3. The predicted molar refractivity (Wildman–Crippen MR) is 180 cm³/mol. The fourth-order valence-electron chi connectivity index (χ4n) is 6.46. The molecular weight excluding hydrogens is 540 g/mol. The first-order valence-corrected chi connectivity index (χ1v) is 14.8. The summed E-state index contributed by atoms with van der Waals surface area (Å²) in [5.74, 6) is 1.52. The van der Waals surface area contributed by atoms with E-state index in [-0.39, 0.29) is 6.17 Å². The highest BCUT2D eigenvalue weighted by Gasteiger charge is 2.24. The Balaban J connectivity index is 1.27. The molecule has 0 aliphatic carbocycles. The van der Waals surface area contributed by atoms with Crippen LogP contribution in [0.1, 0.15) is 22.9 Å². The van der Waals surface area contributed by atoms with Gasteiger partial charge in [-0.2, -0.15) is 0 Å². The molecule has 0 bridgehead atoms. The van der Waals surface area contributed by atoms with Gasteiger partial charge in [0, 0.05) is 38.4 Å². The lowest BCUT2D eigenvalue weighted by Gasteiger charge is -2.24. The summed E-state index contributed by atoms with van der Waals surface area (Å²) in [5.41, 5.74) is 8.23. The molecule has 0 spiro atoms. The van der Waals surface area contributed by atoms with Gasteiger partial charge in [-0.25, -0.2) is 9.98 Å². The van der Waals surface area contributed by atoms with Crippen LogP contribution in [0.25, 0.3) is 49.4 Å². The summed E-state index contributed by atoms with van der Waals surface area (Å²) in [4.78, 5) is 10.2. The van der Waals surface area contributed by atoms with Crippen molar-refractivity contribution < 1.29 is 4.42 Å². The van der Waals surface area contributed by atoms with Crippen LogP contribution in [0.4, 0.5) is 0 Å². The van der Waals surface area contributed by atoms with Crippen molar-refractivity contribution >= 4 is 55.4 Å². The fraction of sp³-hybridized carbons (Fsp3) is 0.0256. The van der Waals surface area contributed by atoms with Gasteiger partial charge in [-0.1, -0.05) is 109 Å². The number of furan rings is 1. The van der Waals surface area contributed by atoms with E-state index in [1.165, 1.54) is 5.39 Å². The Morgan fingerprint density at radius 2 is 1.30 bits per heavy atom. The SMILES string of the molecule is c1ccc(C2=NC(c3ccccc3)NC(c3cccc4c3c3ccccc3n4-c3ccc4oc5ccccc5c4c3)=N2)cc1. The van der Waals surface area contributed by atoms with E-state index in [0.717, 1.165) is 66.6 Å². The number of rotatable bonds is 4. The van der Waals surface area contributed by atoms with E-state index in [1.807, 2.05) is 36.4 Å². The van der Waals surface area contributed by atoms with Gasteiger partial charge in [0.25, 0.3) is 0 Å². The predicted octanol–water partition coefficient (Wildman–Crippen LogP) is 9.18. The molecule has 1 atom stereocenters.